The maximum Gasteiger partial charge on any atom is 0.407 e. The van der Waals surface area contributed by atoms with Crippen LogP contribution in [0.4, 0.5) is 4.79 Å². The van der Waals surface area contributed by atoms with Crippen molar-refractivity contribution in [1.29, 1.82) is 0 Å². The minimum Gasteiger partial charge on any atom is -0.445 e. The summed E-state index contributed by atoms with van der Waals surface area (Å²) in [5.74, 6) is 2.39. The first-order valence-electron chi connectivity index (χ1n) is 16.1. The Bertz CT molecular complexity index is 829. The van der Waals surface area contributed by atoms with Gasteiger partial charge in [0.2, 0.25) is 0 Å². The standard InChI is InChI=1S/C33H55NO13/c1-2-9-36-11-13-38-15-17-40-19-21-42-23-25-44-27-29-46-30-28-45-26-24-43-22-20-41-18-16-39-14-12-37-10-8-34-33(35)47-31-32-6-4-3-5-7-32/h1,3-7H,8-31H2,(H,34,35). The third kappa shape index (κ3) is 33.3. The Morgan fingerprint density at radius 2 is 0.809 bits per heavy atom. The molecule has 270 valence electrons. The summed E-state index contributed by atoms with van der Waals surface area (Å²) in [5, 5.41) is 2.64. The van der Waals surface area contributed by atoms with Crippen molar-refractivity contribution >= 4 is 6.09 Å². The van der Waals surface area contributed by atoms with Gasteiger partial charge in [0.05, 0.1) is 139 Å². The van der Waals surface area contributed by atoms with Gasteiger partial charge in [0, 0.05) is 6.54 Å². The summed E-state index contributed by atoms with van der Waals surface area (Å²) in [6.45, 7) is 11.0. The summed E-state index contributed by atoms with van der Waals surface area (Å²) in [4.78, 5) is 11.6. The van der Waals surface area contributed by atoms with E-state index in [1.807, 2.05) is 30.3 Å². The minimum atomic E-state index is -0.470. The lowest BCUT2D eigenvalue weighted by Gasteiger charge is -2.09. The van der Waals surface area contributed by atoms with Gasteiger partial charge in [-0.3, -0.25) is 0 Å². The SMILES string of the molecule is C#CCOCCOCCOCCOCCOCCOCCOCCOCCOCCOCCOCCNC(=O)OCc1ccccc1. The molecule has 0 bridgehead atoms. The Morgan fingerprint density at radius 1 is 0.489 bits per heavy atom. The van der Waals surface area contributed by atoms with E-state index in [0.717, 1.165) is 5.56 Å². The van der Waals surface area contributed by atoms with Crippen molar-refractivity contribution in [3.8, 4) is 12.3 Å². The molecule has 1 amide bonds. The topological polar surface area (TPSA) is 140 Å². The van der Waals surface area contributed by atoms with Crippen LogP contribution < -0.4 is 5.32 Å². The van der Waals surface area contributed by atoms with E-state index in [2.05, 4.69) is 11.2 Å². The lowest BCUT2D eigenvalue weighted by molar-refractivity contribution is -0.0272. The normalized spacial score (nSPS) is 11.0. The van der Waals surface area contributed by atoms with Crippen molar-refractivity contribution in [3.05, 3.63) is 35.9 Å². The molecule has 0 fully saturated rings. The molecule has 0 spiro atoms. The molecule has 0 aliphatic rings. The third-order valence-corrected chi connectivity index (χ3v) is 5.63. The molecule has 0 radical (unpaired) electrons. The lowest BCUT2D eigenvalue weighted by Crippen LogP contribution is -2.28. The Labute approximate surface area is 279 Å². The third-order valence-electron chi connectivity index (χ3n) is 5.63. The van der Waals surface area contributed by atoms with E-state index in [9.17, 15) is 4.79 Å². The number of alkyl carbamates (subject to hydrolysis) is 1. The number of terminal acetylenes is 1. The highest BCUT2D eigenvalue weighted by Gasteiger charge is 2.02. The molecular weight excluding hydrogens is 618 g/mol. The Kier molecular flexibility index (Phi) is 33.1. The molecule has 1 aromatic carbocycles. The molecule has 0 aliphatic carbocycles. The van der Waals surface area contributed by atoms with Crippen LogP contribution in [0, 0.1) is 12.3 Å². The highest BCUT2D eigenvalue weighted by molar-refractivity contribution is 5.67. The summed E-state index contributed by atoms with van der Waals surface area (Å²) >= 11 is 0. The zero-order chi connectivity index (χ0) is 33.6. The van der Waals surface area contributed by atoms with Gasteiger partial charge in [0.25, 0.3) is 0 Å². The number of carbonyl (C=O) groups excluding carboxylic acids is 1. The number of amides is 1. The van der Waals surface area contributed by atoms with Crippen molar-refractivity contribution in [2.45, 2.75) is 6.61 Å². The molecule has 1 rings (SSSR count). The molecule has 0 heterocycles. The lowest BCUT2D eigenvalue weighted by atomic mass is 10.2. The van der Waals surface area contributed by atoms with Gasteiger partial charge in [-0.2, -0.15) is 0 Å². The molecule has 1 N–H and O–H groups in total. The molecule has 14 nitrogen and oxygen atoms in total. The molecular formula is C33H55NO13. The van der Waals surface area contributed by atoms with Crippen molar-refractivity contribution < 1.29 is 61.6 Å². The van der Waals surface area contributed by atoms with E-state index in [-0.39, 0.29) is 6.61 Å². The van der Waals surface area contributed by atoms with E-state index in [4.69, 9.17) is 63.3 Å². The average molecular weight is 674 g/mol. The van der Waals surface area contributed by atoms with Gasteiger partial charge in [0.15, 0.2) is 0 Å². The van der Waals surface area contributed by atoms with Crippen molar-refractivity contribution in [3.63, 3.8) is 0 Å². The highest BCUT2D eigenvalue weighted by atomic mass is 16.6. The number of hydrogen-bond acceptors (Lipinski definition) is 13. The fourth-order valence-electron chi connectivity index (χ4n) is 3.33. The first-order valence-corrected chi connectivity index (χ1v) is 16.1. The van der Waals surface area contributed by atoms with Gasteiger partial charge in [-0.05, 0) is 5.56 Å². The molecule has 47 heavy (non-hydrogen) atoms. The molecule has 0 unspecified atom stereocenters. The monoisotopic (exact) mass is 673 g/mol. The second-order valence-corrected chi connectivity index (χ2v) is 9.37. The summed E-state index contributed by atoms with van der Waals surface area (Å²) < 4.78 is 64.6. The van der Waals surface area contributed by atoms with Crippen molar-refractivity contribution in [2.75, 3.05) is 152 Å². The van der Waals surface area contributed by atoms with Crippen LogP contribution in [0.3, 0.4) is 0 Å². The van der Waals surface area contributed by atoms with Crippen LogP contribution in [0.5, 0.6) is 0 Å². The number of rotatable bonds is 36. The fraction of sp³-hybridized carbons (Fsp3) is 0.727. The quantitative estimate of drug-likeness (QED) is 0.0818. The second kappa shape index (κ2) is 36.4. The Balaban J connectivity index is 1.64. The van der Waals surface area contributed by atoms with Crippen LogP contribution in [0.15, 0.2) is 30.3 Å². The van der Waals surface area contributed by atoms with Crippen LogP contribution in [0.2, 0.25) is 0 Å². The number of hydrogen-bond donors (Lipinski definition) is 1. The first kappa shape index (κ1) is 42.6. The first-order chi connectivity index (χ1) is 23.3. The van der Waals surface area contributed by atoms with Gasteiger partial charge in [0.1, 0.15) is 13.2 Å². The largest absolute Gasteiger partial charge is 0.445 e. The summed E-state index contributed by atoms with van der Waals surface area (Å²) in [5.41, 5.74) is 0.936. The Morgan fingerprint density at radius 3 is 1.15 bits per heavy atom. The zero-order valence-corrected chi connectivity index (χ0v) is 27.7. The molecule has 0 saturated heterocycles. The van der Waals surface area contributed by atoms with E-state index in [0.29, 0.717) is 152 Å². The molecule has 0 saturated carbocycles. The second-order valence-electron chi connectivity index (χ2n) is 9.37. The molecule has 0 atom stereocenters. The number of benzene rings is 1. The van der Waals surface area contributed by atoms with Gasteiger partial charge in [-0.15, -0.1) is 6.42 Å². The molecule has 14 heteroatoms. The highest BCUT2D eigenvalue weighted by Crippen LogP contribution is 2.00. The predicted molar refractivity (Wildman–Crippen MR) is 172 cm³/mol. The predicted octanol–water partition coefficient (Wildman–Crippen LogP) is 1.73. The van der Waals surface area contributed by atoms with E-state index >= 15 is 0 Å². The number of ether oxygens (including phenoxy) is 12. The maximum atomic E-state index is 11.6. The summed E-state index contributed by atoms with van der Waals surface area (Å²) in [7, 11) is 0. The molecule has 1 aromatic rings. The number of nitrogens with one attached hydrogen (secondary N) is 1. The smallest absolute Gasteiger partial charge is 0.407 e. The van der Waals surface area contributed by atoms with Gasteiger partial charge >= 0.3 is 6.09 Å². The Hall–Kier alpha value is -2.39. The van der Waals surface area contributed by atoms with E-state index < -0.39 is 6.09 Å². The van der Waals surface area contributed by atoms with Crippen molar-refractivity contribution in [2.24, 2.45) is 0 Å². The minimum absolute atomic E-state index is 0.237. The molecule has 0 aliphatic heterocycles. The number of carbonyl (C=O) groups is 1. The van der Waals surface area contributed by atoms with E-state index in [1.54, 1.807) is 0 Å². The van der Waals surface area contributed by atoms with Crippen LogP contribution >= 0.6 is 0 Å². The van der Waals surface area contributed by atoms with Crippen LogP contribution in [-0.2, 0) is 63.4 Å². The van der Waals surface area contributed by atoms with Crippen LogP contribution in [-0.4, -0.2) is 158 Å². The zero-order valence-electron chi connectivity index (χ0n) is 27.7. The van der Waals surface area contributed by atoms with Crippen molar-refractivity contribution in [1.82, 2.24) is 5.32 Å². The van der Waals surface area contributed by atoms with Gasteiger partial charge < -0.3 is 62.2 Å². The summed E-state index contributed by atoms with van der Waals surface area (Å²) in [6, 6.07) is 9.50. The molecule has 0 aromatic heterocycles. The van der Waals surface area contributed by atoms with Crippen LogP contribution in [0.25, 0.3) is 0 Å². The summed E-state index contributed by atoms with van der Waals surface area (Å²) in [6.07, 6.45) is 4.61. The van der Waals surface area contributed by atoms with Gasteiger partial charge in [-0.1, -0.05) is 36.3 Å². The van der Waals surface area contributed by atoms with E-state index in [1.165, 1.54) is 0 Å². The van der Waals surface area contributed by atoms with Gasteiger partial charge in [-0.25, -0.2) is 4.79 Å². The van der Waals surface area contributed by atoms with Crippen LogP contribution in [0.1, 0.15) is 5.56 Å². The fourth-order valence-corrected chi connectivity index (χ4v) is 3.33. The average Bonchev–Trinajstić information content (AvgIpc) is 3.09. The maximum absolute atomic E-state index is 11.6.